The second-order valence-corrected chi connectivity index (χ2v) is 6.42. The average Bonchev–Trinajstić information content (AvgIpc) is 2.97. The zero-order valence-electron chi connectivity index (χ0n) is 11.1. The van der Waals surface area contributed by atoms with Crippen molar-refractivity contribution >= 4 is 21.6 Å². The first-order valence-corrected chi connectivity index (χ1v) is 7.85. The number of anilines is 1. The van der Waals surface area contributed by atoms with E-state index in [4.69, 9.17) is 4.74 Å². The van der Waals surface area contributed by atoms with Gasteiger partial charge in [-0.25, -0.2) is 0 Å². The third kappa shape index (κ3) is 1.97. The van der Waals surface area contributed by atoms with E-state index in [2.05, 4.69) is 69.8 Å². The number of ether oxygens (including phenoxy) is 1. The van der Waals surface area contributed by atoms with E-state index in [0.29, 0.717) is 12.0 Å². The number of halogens is 1. The third-order valence-corrected chi connectivity index (χ3v) is 4.85. The van der Waals surface area contributed by atoms with Crippen LogP contribution in [0.5, 0.6) is 0 Å². The Morgan fingerprint density at radius 2 is 1.95 bits per heavy atom. The summed E-state index contributed by atoms with van der Waals surface area (Å²) >= 11 is 3.56. The smallest absolute Gasteiger partial charge is 0.0897 e. The maximum absolute atomic E-state index is 6.03. The summed E-state index contributed by atoms with van der Waals surface area (Å²) in [6, 6.07) is 17.5. The van der Waals surface area contributed by atoms with Crippen molar-refractivity contribution in [1.29, 1.82) is 0 Å². The van der Waals surface area contributed by atoms with Crippen LogP contribution in [0.4, 0.5) is 5.69 Å². The van der Waals surface area contributed by atoms with Crippen molar-refractivity contribution in [3.8, 4) is 0 Å². The van der Waals surface area contributed by atoms with Crippen molar-refractivity contribution in [2.45, 2.75) is 18.6 Å². The van der Waals surface area contributed by atoms with Gasteiger partial charge in [0.2, 0.25) is 0 Å². The number of rotatable bonds is 1. The van der Waals surface area contributed by atoms with Crippen LogP contribution in [0.15, 0.2) is 53.0 Å². The largest absolute Gasteiger partial charge is 0.378 e. The first kappa shape index (κ1) is 12.4. The first-order valence-electron chi connectivity index (χ1n) is 7.05. The van der Waals surface area contributed by atoms with Crippen LogP contribution in [0.2, 0.25) is 0 Å². The van der Waals surface area contributed by atoms with Gasteiger partial charge in [-0.1, -0.05) is 46.3 Å². The Labute approximate surface area is 127 Å². The summed E-state index contributed by atoms with van der Waals surface area (Å²) in [5.41, 5.74) is 3.83. The zero-order chi connectivity index (χ0) is 13.5. The van der Waals surface area contributed by atoms with Crippen LogP contribution in [-0.2, 0) is 4.74 Å². The number of fused-ring (bicyclic) bond motifs is 3. The van der Waals surface area contributed by atoms with Crippen molar-refractivity contribution < 1.29 is 4.74 Å². The molecule has 1 N–H and O–H groups in total. The summed E-state index contributed by atoms with van der Waals surface area (Å²) in [7, 11) is 0. The minimum atomic E-state index is 0.217. The normalized spacial score (nSPS) is 27.6. The van der Waals surface area contributed by atoms with E-state index < -0.39 is 0 Å². The number of nitrogens with one attached hydrogen (secondary N) is 1. The predicted molar refractivity (Wildman–Crippen MR) is 83.7 cm³/mol. The molecule has 0 radical (unpaired) electrons. The molecule has 0 spiro atoms. The fourth-order valence-corrected chi connectivity index (χ4v) is 3.81. The fourth-order valence-electron chi connectivity index (χ4n) is 3.43. The van der Waals surface area contributed by atoms with Gasteiger partial charge in [0.05, 0.1) is 12.1 Å². The van der Waals surface area contributed by atoms with E-state index in [-0.39, 0.29) is 6.10 Å². The summed E-state index contributed by atoms with van der Waals surface area (Å²) in [5, 5.41) is 3.71. The Bertz CT molecular complexity index is 628. The second-order valence-electron chi connectivity index (χ2n) is 5.51. The lowest BCUT2D eigenvalue weighted by Crippen LogP contribution is -2.29. The number of benzene rings is 2. The first-order chi connectivity index (χ1) is 9.83. The summed E-state index contributed by atoms with van der Waals surface area (Å²) < 4.78 is 7.15. The molecule has 0 unspecified atom stereocenters. The van der Waals surface area contributed by atoms with Crippen LogP contribution in [0.1, 0.15) is 29.7 Å². The Kier molecular flexibility index (Phi) is 3.04. The molecule has 0 amide bonds. The molecule has 0 aromatic heterocycles. The molecule has 2 aliphatic rings. The molecule has 2 aromatic rings. The Morgan fingerprint density at radius 1 is 1.10 bits per heavy atom. The van der Waals surface area contributed by atoms with Gasteiger partial charge in [0.15, 0.2) is 0 Å². The molecule has 2 aliphatic heterocycles. The van der Waals surface area contributed by atoms with Gasteiger partial charge in [-0.15, -0.1) is 0 Å². The van der Waals surface area contributed by atoms with Gasteiger partial charge in [-0.05, 0) is 30.2 Å². The molecular weight excluding hydrogens is 314 g/mol. The van der Waals surface area contributed by atoms with Crippen molar-refractivity contribution in [1.82, 2.24) is 0 Å². The average molecular weight is 330 g/mol. The standard InChI is InChI=1S/C17H16BrNO/c18-12-6-7-15-14(10-12)17-13(8-9-20-17)16(19-15)11-4-2-1-3-5-11/h1-7,10,13,16-17,19H,8-9H2/t13-,16+,17-/m0/s1. The summed E-state index contributed by atoms with van der Waals surface area (Å²) in [6.45, 7) is 0.853. The van der Waals surface area contributed by atoms with E-state index in [0.717, 1.165) is 17.5 Å². The maximum atomic E-state index is 6.03. The highest BCUT2D eigenvalue weighted by atomic mass is 79.9. The Balaban J connectivity index is 1.79. The maximum Gasteiger partial charge on any atom is 0.0897 e. The molecule has 20 heavy (non-hydrogen) atoms. The van der Waals surface area contributed by atoms with E-state index >= 15 is 0 Å². The van der Waals surface area contributed by atoms with Crippen LogP contribution < -0.4 is 5.32 Å². The highest BCUT2D eigenvalue weighted by Crippen LogP contribution is 2.50. The predicted octanol–water partition coefficient (Wildman–Crippen LogP) is 4.69. The molecule has 3 atom stereocenters. The van der Waals surface area contributed by atoms with Gasteiger partial charge in [-0.2, -0.15) is 0 Å². The molecule has 1 saturated heterocycles. The molecule has 1 fully saturated rings. The van der Waals surface area contributed by atoms with E-state index in [9.17, 15) is 0 Å². The lowest BCUT2D eigenvalue weighted by atomic mass is 9.81. The van der Waals surface area contributed by atoms with Gasteiger partial charge in [0.25, 0.3) is 0 Å². The summed E-state index contributed by atoms with van der Waals surface area (Å²) in [6.07, 6.45) is 1.33. The molecule has 4 rings (SSSR count). The minimum absolute atomic E-state index is 0.217. The van der Waals surface area contributed by atoms with Crippen LogP contribution in [0.3, 0.4) is 0 Å². The highest BCUT2D eigenvalue weighted by molar-refractivity contribution is 9.10. The molecule has 0 aliphatic carbocycles. The number of hydrogen-bond acceptors (Lipinski definition) is 2. The molecule has 0 bridgehead atoms. The van der Waals surface area contributed by atoms with Gasteiger partial charge >= 0.3 is 0 Å². The van der Waals surface area contributed by atoms with Gasteiger partial charge < -0.3 is 10.1 Å². The van der Waals surface area contributed by atoms with E-state index in [1.54, 1.807) is 0 Å². The highest BCUT2D eigenvalue weighted by Gasteiger charge is 2.41. The Hall–Kier alpha value is -1.32. The molecule has 2 heterocycles. The van der Waals surface area contributed by atoms with Crippen molar-refractivity contribution in [3.05, 3.63) is 64.1 Å². The molecule has 102 valence electrons. The molecule has 0 saturated carbocycles. The SMILES string of the molecule is Brc1ccc2c(c1)[C@H]1OCC[C@H]1[C@@H](c1ccccc1)N2. The van der Waals surface area contributed by atoms with Crippen molar-refractivity contribution in [2.24, 2.45) is 5.92 Å². The van der Waals surface area contributed by atoms with Crippen molar-refractivity contribution in [2.75, 3.05) is 11.9 Å². The van der Waals surface area contributed by atoms with E-state index in [1.807, 2.05) is 0 Å². The van der Waals surface area contributed by atoms with Gasteiger partial charge in [0, 0.05) is 28.2 Å². The molecular formula is C17H16BrNO. The van der Waals surface area contributed by atoms with E-state index in [1.165, 1.54) is 16.8 Å². The fraction of sp³-hybridized carbons (Fsp3) is 0.294. The molecule has 3 heteroatoms. The Morgan fingerprint density at radius 3 is 2.80 bits per heavy atom. The van der Waals surface area contributed by atoms with Crippen LogP contribution in [-0.4, -0.2) is 6.61 Å². The lowest BCUT2D eigenvalue weighted by molar-refractivity contribution is 0.0829. The second kappa shape index (κ2) is 4.90. The number of hydrogen-bond donors (Lipinski definition) is 1. The van der Waals surface area contributed by atoms with Crippen molar-refractivity contribution in [3.63, 3.8) is 0 Å². The van der Waals surface area contributed by atoms with Crippen LogP contribution in [0.25, 0.3) is 0 Å². The third-order valence-electron chi connectivity index (χ3n) is 4.36. The van der Waals surface area contributed by atoms with Crippen LogP contribution >= 0.6 is 15.9 Å². The topological polar surface area (TPSA) is 21.3 Å². The quantitative estimate of drug-likeness (QED) is 0.819. The summed E-state index contributed by atoms with van der Waals surface area (Å²) in [4.78, 5) is 0. The summed E-state index contributed by atoms with van der Waals surface area (Å²) in [5.74, 6) is 0.513. The minimum Gasteiger partial charge on any atom is -0.378 e. The van der Waals surface area contributed by atoms with Gasteiger partial charge in [0.1, 0.15) is 0 Å². The van der Waals surface area contributed by atoms with Crippen LogP contribution in [0, 0.1) is 5.92 Å². The monoisotopic (exact) mass is 329 g/mol. The van der Waals surface area contributed by atoms with Gasteiger partial charge in [-0.3, -0.25) is 0 Å². The molecule has 2 nitrogen and oxygen atoms in total. The zero-order valence-corrected chi connectivity index (χ0v) is 12.6. The molecule has 2 aromatic carbocycles. The lowest BCUT2D eigenvalue weighted by Gasteiger charge is -2.36.